The van der Waals surface area contributed by atoms with E-state index in [0.717, 1.165) is 35.4 Å². The molecule has 0 bridgehead atoms. The third-order valence-electron chi connectivity index (χ3n) is 2.80. The molecule has 1 fully saturated rings. The highest BCUT2D eigenvalue weighted by Crippen LogP contribution is 2.26. The minimum atomic E-state index is 0.0700. The quantitative estimate of drug-likeness (QED) is 0.807. The standard InChI is InChI=1S/C11H12BrN3O/c12-8-4-3-6-15-11(8)13-10(14-15)9-5-1-2-7-16-9/h3-4,6,9H,1-2,5,7H2. The molecule has 0 aromatic carbocycles. The van der Waals surface area contributed by atoms with E-state index < -0.39 is 0 Å². The number of nitrogens with zero attached hydrogens (tertiary/aromatic N) is 3. The molecule has 2 aromatic heterocycles. The van der Waals surface area contributed by atoms with Gasteiger partial charge in [-0.15, -0.1) is 5.10 Å². The Morgan fingerprint density at radius 3 is 3.12 bits per heavy atom. The van der Waals surface area contributed by atoms with Gasteiger partial charge in [0.15, 0.2) is 11.5 Å². The van der Waals surface area contributed by atoms with Crippen LogP contribution in [0.2, 0.25) is 0 Å². The van der Waals surface area contributed by atoms with E-state index in [9.17, 15) is 0 Å². The number of fused-ring (bicyclic) bond motifs is 1. The van der Waals surface area contributed by atoms with Crippen molar-refractivity contribution < 1.29 is 4.74 Å². The van der Waals surface area contributed by atoms with Gasteiger partial charge in [-0.3, -0.25) is 0 Å². The molecule has 4 nitrogen and oxygen atoms in total. The number of ether oxygens (including phenoxy) is 1. The molecule has 3 rings (SSSR count). The Kier molecular flexibility index (Phi) is 2.65. The van der Waals surface area contributed by atoms with E-state index in [-0.39, 0.29) is 6.10 Å². The molecule has 0 spiro atoms. The summed E-state index contributed by atoms with van der Waals surface area (Å²) in [4.78, 5) is 4.52. The molecule has 84 valence electrons. The van der Waals surface area contributed by atoms with Crippen LogP contribution in [0.5, 0.6) is 0 Å². The van der Waals surface area contributed by atoms with E-state index >= 15 is 0 Å². The lowest BCUT2D eigenvalue weighted by atomic mass is 10.1. The van der Waals surface area contributed by atoms with Crippen LogP contribution in [0.3, 0.4) is 0 Å². The lowest BCUT2D eigenvalue weighted by Gasteiger charge is -2.19. The fraction of sp³-hybridized carbons (Fsp3) is 0.455. The molecular weight excluding hydrogens is 270 g/mol. The molecule has 0 radical (unpaired) electrons. The van der Waals surface area contributed by atoms with E-state index in [4.69, 9.17) is 4.74 Å². The average molecular weight is 282 g/mol. The minimum absolute atomic E-state index is 0.0700. The zero-order valence-electron chi connectivity index (χ0n) is 8.77. The van der Waals surface area contributed by atoms with Gasteiger partial charge in [0, 0.05) is 12.8 Å². The molecule has 1 saturated heterocycles. The lowest BCUT2D eigenvalue weighted by Crippen LogP contribution is -2.12. The normalized spacial score (nSPS) is 21.4. The second-order valence-corrected chi connectivity index (χ2v) is 4.80. The van der Waals surface area contributed by atoms with Crippen molar-refractivity contribution >= 4 is 21.6 Å². The molecule has 5 heteroatoms. The Balaban J connectivity index is 2.01. The second-order valence-electron chi connectivity index (χ2n) is 3.95. The van der Waals surface area contributed by atoms with E-state index in [1.54, 1.807) is 4.52 Å². The number of halogens is 1. The molecule has 0 saturated carbocycles. The zero-order valence-corrected chi connectivity index (χ0v) is 10.4. The van der Waals surface area contributed by atoms with Crippen LogP contribution in [0, 0.1) is 0 Å². The average Bonchev–Trinajstić information content (AvgIpc) is 2.76. The van der Waals surface area contributed by atoms with Crippen molar-refractivity contribution in [1.29, 1.82) is 0 Å². The number of pyridine rings is 1. The van der Waals surface area contributed by atoms with Crippen molar-refractivity contribution in [2.45, 2.75) is 25.4 Å². The van der Waals surface area contributed by atoms with Gasteiger partial charge in [0.25, 0.3) is 0 Å². The maximum atomic E-state index is 5.68. The van der Waals surface area contributed by atoms with Crippen molar-refractivity contribution in [3.63, 3.8) is 0 Å². The fourth-order valence-corrected chi connectivity index (χ4v) is 2.39. The first-order valence-electron chi connectivity index (χ1n) is 5.47. The van der Waals surface area contributed by atoms with Crippen molar-refractivity contribution in [2.75, 3.05) is 6.61 Å². The number of aromatic nitrogens is 3. The van der Waals surface area contributed by atoms with Gasteiger partial charge >= 0.3 is 0 Å². The SMILES string of the molecule is Brc1cccn2nc(C3CCCCO3)nc12. The van der Waals surface area contributed by atoms with Gasteiger partial charge in [0.1, 0.15) is 6.10 Å². The monoisotopic (exact) mass is 281 g/mol. The summed E-state index contributed by atoms with van der Waals surface area (Å²) in [6.45, 7) is 0.821. The summed E-state index contributed by atoms with van der Waals surface area (Å²) in [6.07, 6.45) is 5.34. The van der Waals surface area contributed by atoms with E-state index in [1.165, 1.54) is 6.42 Å². The summed E-state index contributed by atoms with van der Waals surface area (Å²) in [5.74, 6) is 0.798. The summed E-state index contributed by atoms with van der Waals surface area (Å²) in [7, 11) is 0. The van der Waals surface area contributed by atoms with Crippen molar-refractivity contribution in [3.05, 3.63) is 28.6 Å². The van der Waals surface area contributed by atoms with E-state index in [1.807, 2.05) is 18.3 Å². The third kappa shape index (κ3) is 1.74. The molecule has 1 unspecified atom stereocenters. The number of hydrogen-bond acceptors (Lipinski definition) is 3. The van der Waals surface area contributed by atoms with E-state index in [0.29, 0.717) is 0 Å². The van der Waals surface area contributed by atoms with Crippen LogP contribution < -0.4 is 0 Å². The molecule has 1 aliphatic rings. The Labute approximate surface area is 102 Å². The largest absolute Gasteiger partial charge is 0.370 e. The van der Waals surface area contributed by atoms with Crippen LogP contribution in [0.15, 0.2) is 22.8 Å². The highest BCUT2D eigenvalue weighted by Gasteiger charge is 2.20. The van der Waals surface area contributed by atoms with Crippen LogP contribution in [0.1, 0.15) is 31.2 Å². The Morgan fingerprint density at radius 2 is 2.38 bits per heavy atom. The van der Waals surface area contributed by atoms with Gasteiger partial charge in [-0.25, -0.2) is 9.50 Å². The number of hydrogen-bond donors (Lipinski definition) is 0. The molecule has 16 heavy (non-hydrogen) atoms. The maximum absolute atomic E-state index is 5.68. The first-order chi connectivity index (χ1) is 7.84. The summed E-state index contributed by atoms with van der Waals surface area (Å²) in [5.41, 5.74) is 0.853. The van der Waals surface area contributed by atoms with Gasteiger partial charge in [-0.1, -0.05) is 0 Å². The van der Waals surface area contributed by atoms with Crippen molar-refractivity contribution in [2.24, 2.45) is 0 Å². The third-order valence-corrected chi connectivity index (χ3v) is 3.42. The highest BCUT2D eigenvalue weighted by atomic mass is 79.9. The Hall–Kier alpha value is -0.940. The molecule has 0 amide bonds. The maximum Gasteiger partial charge on any atom is 0.180 e. The van der Waals surface area contributed by atoms with Crippen LogP contribution in [-0.4, -0.2) is 21.2 Å². The van der Waals surface area contributed by atoms with Gasteiger partial charge in [-0.05, 0) is 47.3 Å². The first kappa shape index (κ1) is 10.2. The predicted octanol–water partition coefficient (Wildman–Crippen LogP) is 2.73. The Bertz CT molecular complexity index is 505. The predicted molar refractivity (Wildman–Crippen MR) is 63.2 cm³/mol. The van der Waals surface area contributed by atoms with Gasteiger partial charge in [0.05, 0.1) is 4.47 Å². The molecule has 0 aliphatic carbocycles. The number of rotatable bonds is 1. The first-order valence-corrected chi connectivity index (χ1v) is 6.26. The van der Waals surface area contributed by atoms with E-state index in [2.05, 4.69) is 26.0 Å². The van der Waals surface area contributed by atoms with Crippen LogP contribution in [0.4, 0.5) is 0 Å². The summed E-state index contributed by atoms with van der Waals surface area (Å²) in [5, 5.41) is 4.45. The molecule has 3 heterocycles. The smallest absolute Gasteiger partial charge is 0.180 e. The molecule has 0 N–H and O–H groups in total. The van der Waals surface area contributed by atoms with Crippen LogP contribution in [-0.2, 0) is 4.74 Å². The Morgan fingerprint density at radius 1 is 1.44 bits per heavy atom. The van der Waals surface area contributed by atoms with Crippen LogP contribution >= 0.6 is 15.9 Å². The summed E-state index contributed by atoms with van der Waals surface area (Å²) in [6, 6.07) is 3.91. The topological polar surface area (TPSA) is 39.4 Å². The molecule has 1 aliphatic heterocycles. The lowest BCUT2D eigenvalue weighted by molar-refractivity contribution is 0.00961. The van der Waals surface area contributed by atoms with Crippen LogP contribution in [0.25, 0.3) is 5.65 Å². The van der Waals surface area contributed by atoms with Crippen molar-refractivity contribution in [3.8, 4) is 0 Å². The second kappa shape index (κ2) is 4.14. The molecule has 1 atom stereocenters. The van der Waals surface area contributed by atoms with Crippen molar-refractivity contribution in [1.82, 2.24) is 14.6 Å². The van der Waals surface area contributed by atoms with Gasteiger partial charge < -0.3 is 4.74 Å². The molecular formula is C11H12BrN3O. The van der Waals surface area contributed by atoms with Gasteiger partial charge in [0.2, 0.25) is 0 Å². The zero-order chi connectivity index (χ0) is 11.0. The molecule has 2 aromatic rings. The summed E-state index contributed by atoms with van der Waals surface area (Å²) >= 11 is 3.47. The summed E-state index contributed by atoms with van der Waals surface area (Å²) < 4.78 is 8.43. The minimum Gasteiger partial charge on any atom is -0.370 e. The fourth-order valence-electron chi connectivity index (χ4n) is 1.97. The highest BCUT2D eigenvalue weighted by molar-refractivity contribution is 9.10. The van der Waals surface area contributed by atoms with Gasteiger partial charge in [-0.2, -0.15) is 0 Å².